The monoisotopic (exact) mass is 460 g/mol. The number of benzene rings is 1. The fourth-order valence-electron chi connectivity index (χ4n) is 4.28. The van der Waals surface area contributed by atoms with E-state index >= 15 is 0 Å². The van der Waals surface area contributed by atoms with Crippen molar-refractivity contribution in [2.45, 2.75) is 44.3 Å². The molecule has 9 heteroatoms. The van der Waals surface area contributed by atoms with Crippen molar-refractivity contribution < 1.29 is 9.59 Å². The highest BCUT2D eigenvalue weighted by Crippen LogP contribution is 2.26. The zero-order valence-corrected chi connectivity index (χ0v) is 18.8. The number of amides is 2. The molecule has 0 radical (unpaired) electrons. The molecule has 1 aliphatic carbocycles. The van der Waals surface area contributed by atoms with Crippen LogP contribution in [0.1, 0.15) is 36.9 Å². The molecular weight excluding hydrogens is 436 g/mol. The van der Waals surface area contributed by atoms with Crippen LogP contribution in [0.2, 0.25) is 0 Å². The van der Waals surface area contributed by atoms with Gasteiger partial charge in [0.25, 0.3) is 11.1 Å². The topological polar surface area (TPSA) is 109 Å². The van der Waals surface area contributed by atoms with Gasteiger partial charge in [-0.3, -0.25) is 19.9 Å². The SMILES string of the molecule is O=C1NC(=O)/C(=C/c2ccnc(NC3CCC(NCc4cccc5ncccc45)CC3)n2)S1. The number of nitrogens with one attached hydrogen (secondary N) is 3. The summed E-state index contributed by atoms with van der Waals surface area (Å²) in [6.45, 7) is 0.833. The number of imide groups is 1. The van der Waals surface area contributed by atoms with Crippen molar-refractivity contribution in [2.24, 2.45) is 0 Å². The third-order valence-electron chi connectivity index (χ3n) is 5.98. The summed E-state index contributed by atoms with van der Waals surface area (Å²) in [6, 6.07) is 12.9. The van der Waals surface area contributed by atoms with Crippen LogP contribution in [0.3, 0.4) is 0 Å². The van der Waals surface area contributed by atoms with Crippen LogP contribution >= 0.6 is 11.8 Å². The van der Waals surface area contributed by atoms with Crippen molar-refractivity contribution in [3.63, 3.8) is 0 Å². The molecule has 1 aromatic carbocycles. The predicted molar refractivity (Wildman–Crippen MR) is 129 cm³/mol. The van der Waals surface area contributed by atoms with Crippen LogP contribution in [0.15, 0.2) is 53.7 Å². The molecule has 2 aliphatic rings. The van der Waals surface area contributed by atoms with Crippen molar-refractivity contribution in [1.29, 1.82) is 0 Å². The minimum Gasteiger partial charge on any atom is -0.351 e. The van der Waals surface area contributed by atoms with Gasteiger partial charge in [0.05, 0.1) is 16.1 Å². The molecule has 3 heterocycles. The number of carbonyl (C=O) groups excluding carboxylic acids is 2. The van der Waals surface area contributed by atoms with E-state index in [0.717, 1.165) is 49.5 Å². The Hall–Kier alpha value is -3.30. The number of hydrogen-bond acceptors (Lipinski definition) is 8. The van der Waals surface area contributed by atoms with Crippen LogP contribution < -0.4 is 16.0 Å². The van der Waals surface area contributed by atoms with Crippen LogP contribution in [0.5, 0.6) is 0 Å². The zero-order valence-electron chi connectivity index (χ0n) is 18.0. The maximum atomic E-state index is 11.7. The predicted octanol–water partition coefficient (Wildman–Crippen LogP) is 3.86. The van der Waals surface area contributed by atoms with Crippen molar-refractivity contribution in [2.75, 3.05) is 5.32 Å². The van der Waals surface area contributed by atoms with E-state index in [9.17, 15) is 9.59 Å². The number of thioether (sulfide) groups is 1. The lowest BCUT2D eigenvalue weighted by atomic mass is 9.91. The standard InChI is InChI=1S/C24H24N6O2S/c31-22-21(33-24(32)30-22)13-18-10-12-26-23(29-18)28-17-8-6-16(7-9-17)27-14-15-3-1-5-20-19(15)4-2-11-25-20/h1-5,10-13,16-17,27H,6-9,14H2,(H,26,28,29)(H,30,31,32)/b21-13-. The maximum absolute atomic E-state index is 11.7. The Kier molecular flexibility index (Phi) is 6.32. The normalized spacial score (nSPS) is 22.0. The third kappa shape index (κ3) is 5.20. The molecule has 1 aliphatic heterocycles. The lowest BCUT2D eigenvalue weighted by Gasteiger charge is -2.30. The molecule has 168 valence electrons. The first kappa shape index (κ1) is 21.5. The smallest absolute Gasteiger partial charge is 0.290 e. The molecule has 3 N–H and O–H groups in total. The van der Waals surface area contributed by atoms with Gasteiger partial charge in [0.15, 0.2) is 0 Å². The van der Waals surface area contributed by atoms with Gasteiger partial charge in [-0.1, -0.05) is 18.2 Å². The largest absolute Gasteiger partial charge is 0.351 e. The number of nitrogens with zero attached hydrogens (tertiary/aromatic N) is 3. The van der Waals surface area contributed by atoms with Gasteiger partial charge in [-0.2, -0.15) is 0 Å². The van der Waals surface area contributed by atoms with E-state index in [1.807, 2.05) is 18.3 Å². The van der Waals surface area contributed by atoms with Crippen LogP contribution in [0.25, 0.3) is 17.0 Å². The summed E-state index contributed by atoms with van der Waals surface area (Å²) in [5, 5.41) is 10.2. The van der Waals surface area contributed by atoms with E-state index in [0.29, 0.717) is 28.6 Å². The average Bonchev–Trinajstić information content (AvgIpc) is 3.15. The number of rotatable bonds is 6. The molecule has 0 spiro atoms. The van der Waals surface area contributed by atoms with E-state index in [4.69, 9.17) is 0 Å². The van der Waals surface area contributed by atoms with E-state index in [-0.39, 0.29) is 11.1 Å². The van der Waals surface area contributed by atoms with Crippen molar-refractivity contribution in [3.8, 4) is 0 Å². The molecule has 2 aromatic heterocycles. The Morgan fingerprint density at radius 1 is 1.00 bits per heavy atom. The Morgan fingerprint density at radius 3 is 2.67 bits per heavy atom. The first-order chi connectivity index (χ1) is 16.1. The van der Waals surface area contributed by atoms with E-state index in [2.05, 4.69) is 49.1 Å². The number of aromatic nitrogens is 3. The zero-order chi connectivity index (χ0) is 22.6. The van der Waals surface area contributed by atoms with Gasteiger partial charge in [-0.15, -0.1) is 0 Å². The second-order valence-corrected chi connectivity index (χ2v) is 9.23. The van der Waals surface area contributed by atoms with Gasteiger partial charge in [0.1, 0.15) is 0 Å². The van der Waals surface area contributed by atoms with Crippen LogP contribution in [0, 0.1) is 0 Å². The van der Waals surface area contributed by atoms with Gasteiger partial charge in [0.2, 0.25) is 5.95 Å². The van der Waals surface area contributed by atoms with E-state index in [1.54, 1.807) is 18.3 Å². The quantitative estimate of drug-likeness (QED) is 0.476. The van der Waals surface area contributed by atoms with Crippen LogP contribution in [-0.4, -0.2) is 38.2 Å². The van der Waals surface area contributed by atoms with Crippen LogP contribution in [-0.2, 0) is 11.3 Å². The van der Waals surface area contributed by atoms with E-state index < -0.39 is 0 Å². The molecule has 0 atom stereocenters. The van der Waals surface area contributed by atoms with Crippen molar-refractivity contribution in [1.82, 2.24) is 25.6 Å². The third-order valence-corrected chi connectivity index (χ3v) is 6.79. The van der Waals surface area contributed by atoms with E-state index in [1.165, 1.54) is 10.9 Å². The highest BCUT2D eigenvalue weighted by atomic mass is 32.2. The molecule has 2 fully saturated rings. The minimum atomic E-state index is -0.385. The molecule has 33 heavy (non-hydrogen) atoms. The Balaban J connectivity index is 1.14. The number of hydrogen-bond donors (Lipinski definition) is 3. The second-order valence-electron chi connectivity index (χ2n) is 8.22. The summed E-state index contributed by atoms with van der Waals surface area (Å²) in [7, 11) is 0. The molecule has 3 aromatic rings. The summed E-state index contributed by atoms with van der Waals surface area (Å²) in [5.41, 5.74) is 2.90. The van der Waals surface area contributed by atoms with Crippen LogP contribution in [0.4, 0.5) is 10.7 Å². The highest BCUT2D eigenvalue weighted by molar-refractivity contribution is 8.18. The molecule has 0 unspecified atom stereocenters. The Bertz CT molecular complexity index is 1220. The fourth-order valence-corrected chi connectivity index (χ4v) is 4.94. The fraction of sp³-hybridized carbons (Fsp3) is 0.292. The summed E-state index contributed by atoms with van der Waals surface area (Å²) >= 11 is 0.884. The lowest BCUT2D eigenvalue weighted by Crippen LogP contribution is -2.36. The Morgan fingerprint density at radius 2 is 1.85 bits per heavy atom. The van der Waals surface area contributed by atoms with Crippen molar-refractivity contribution >= 4 is 45.8 Å². The molecule has 0 bridgehead atoms. The highest BCUT2D eigenvalue weighted by Gasteiger charge is 2.25. The maximum Gasteiger partial charge on any atom is 0.290 e. The molecule has 1 saturated heterocycles. The summed E-state index contributed by atoms with van der Waals surface area (Å²) in [5.74, 6) is 0.155. The summed E-state index contributed by atoms with van der Waals surface area (Å²) in [6.07, 6.45) is 9.29. The molecular formula is C24H24N6O2S. The summed E-state index contributed by atoms with van der Waals surface area (Å²) < 4.78 is 0. The van der Waals surface area contributed by atoms with Gasteiger partial charge in [0, 0.05) is 36.4 Å². The minimum absolute atomic E-state index is 0.304. The average molecular weight is 461 g/mol. The number of pyridine rings is 1. The molecule has 8 nitrogen and oxygen atoms in total. The number of fused-ring (bicyclic) bond motifs is 1. The first-order valence-electron chi connectivity index (χ1n) is 11.0. The first-order valence-corrected chi connectivity index (χ1v) is 11.9. The second kappa shape index (κ2) is 9.68. The molecule has 2 amide bonds. The summed E-state index contributed by atoms with van der Waals surface area (Å²) in [4.78, 5) is 36.7. The van der Waals surface area contributed by atoms with Crippen molar-refractivity contribution in [3.05, 3.63) is 65.0 Å². The number of carbonyl (C=O) groups is 2. The molecule has 5 rings (SSSR count). The lowest BCUT2D eigenvalue weighted by molar-refractivity contribution is -0.115. The van der Waals surface area contributed by atoms with Gasteiger partial charge in [-0.05, 0) is 67.3 Å². The van der Waals surface area contributed by atoms with Gasteiger partial charge >= 0.3 is 0 Å². The van der Waals surface area contributed by atoms with Gasteiger partial charge < -0.3 is 10.6 Å². The Labute approximate surface area is 195 Å². The van der Waals surface area contributed by atoms with Gasteiger partial charge in [-0.25, -0.2) is 9.97 Å². The number of anilines is 1. The molecule has 1 saturated carbocycles.